The molecule has 0 unspecified atom stereocenters. The van der Waals surface area contributed by atoms with Crippen LogP contribution in [0, 0.1) is 0 Å². The van der Waals surface area contributed by atoms with Crippen LogP contribution in [0.4, 0.5) is 5.69 Å². The van der Waals surface area contributed by atoms with Crippen LogP contribution in [0.15, 0.2) is 55.1 Å². The molecular formula is C15H12Cl2N4. The molecule has 6 heteroatoms. The minimum absolute atomic E-state index is 0.599. The Hall–Kier alpha value is -2.04. The monoisotopic (exact) mass is 318 g/mol. The summed E-state index contributed by atoms with van der Waals surface area (Å²) in [6, 6.07) is 13.4. The van der Waals surface area contributed by atoms with Gasteiger partial charge in [0.05, 0.1) is 11.4 Å². The Morgan fingerprint density at radius 2 is 1.95 bits per heavy atom. The maximum Gasteiger partial charge on any atom is 0.138 e. The second-order valence-corrected chi connectivity index (χ2v) is 5.29. The molecule has 1 heterocycles. The summed E-state index contributed by atoms with van der Waals surface area (Å²) < 4.78 is 1.71. The van der Waals surface area contributed by atoms with E-state index in [0.29, 0.717) is 16.6 Å². The highest BCUT2D eigenvalue weighted by Gasteiger charge is 2.06. The van der Waals surface area contributed by atoms with Crippen molar-refractivity contribution in [2.75, 3.05) is 5.32 Å². The van der Waals surface area contributed by atoms with E-state index in [4.69, 9.17) is 23.2 Å². The largest absolute Gasteiger partial charge is 0.379 e. The van der Waals surface area contributed by atoms with E-state index in [1.807, 2.05) is 36.4 Å². The van der Waals surface area contributed by atoms with Gasteiger partial charge in [-0.1, -0.05) is 41.4 Å². The molecule has 2 aromatic carbocycles. The van der Waals surface area contributed by atoms with Crippen LogP contribution in [0.25, 0.3) is 5.69 Å². The lowest BCUT2D eigenvalue weighted by molar-refractivity contribution is 0.878. The van der Waals surface area contributed by atoms with Gasteiger partial charge in [0.25, 0.3) is 0 Å². The molecule has 1 N–H and O–H groups in total. The quantitative estimate of drug-likeness (QED) is 0.784. The number of aromatic nitrogens is 3. The van der Waals surface area contributed by atoms with Gasteiger partial charge in [-0.05, 0) is 29.8 Å². The summed E-state index contributed by atoms with van der Waals surface area (Å²) in [5.74, 6) is 0. The number of nitrogens with zero attached hydrogens (tertiary/aromatic N) is 3. The third-order valence-electron chi connectivity index (χ3n) is 3.05. The summed E-state index contributed by atoms with van der Waals surface area (Å²) in [6.07, 6.45) is 3.17. The molecule has 0 spiro atoms. The third kappa shape index (κ3) is 3.17. The van der Waals surface area contributed by atoms with Crippen LogP contribution in [0.2, 0.25) is 10.0 Å². The SMILES string of the molecule is Clc1ccc(CNc2ccccc2-n2cncn2)c(Cl)c1. The topological polar surface area (TPSA) is 42.7 Å². The summed E-state index contributed by atoms with van der Waals surface area (Å²) in [5, 5.41) is 8.79. The fourth-order valence-corrected chi connectivity index (χ4v) is 2.49. The highest BCUT2D eigenvalue weighted by atomic mass is 35.5. The van der Waals surface area contributed by atoms with Crippen LogP contribution in [-0.2, 0) is 6.54 Å². The summed E-state index contributed by atoms with van der Waals surface area (Å²) in [5.41, 5.74) is 2.86. The normalized spacial score (nSPS) is 10.6. The molecular weight excluding hydrogens is 307 g/mol. The number of nitrogens with one attached hydrogen (secondary N) is 1. The summed E-state index contributed by atoms with van der Waals surface area (Å²) in [7, 11) is 0. The van der Waals surface area contributed by atoms with Crippen LogP contribution >= 0.6 is 23.2 Å². The van der Waals surface area contributed by atoms with Gasteiger partial charge in [0, 0.05) is 16.6 Å². The van der Waals surface area contributed by atoms with Crippen molar-refractivity contribution in [3.63, 3.8) is 0 Å². The zero-order chi connectivity index (χ0) is 14.7. The van der Waals surface area contributed by atoms with Crippen molar-refractivity contribution in [2.45, 2.75) is 6.54 Å². The first-order chi connectivity index (χ1) is 10.2. The lowest BCUT2D eigenvalue weighted by atomic mass is 10.2. The number of hydrogen-bond acceptors (Lipinski definition) is 3. The molecule has 106 valence electrons. The van der Waals surface area contributed by atoms with Gasteiger partial charge in [-0.2, -0.15) is 5.10 Å². The van der Waals surface area contributed by atoms with E-state index < -0.39 is 0 Å². The van der Waals surface area contributed by atoms with Crippen molar-refractivity contribution >= 4 is 28.9 Å². The van der Waals surface area contributed by atoms with Crippen molar-refractivity contribution in [1.29, 1.82) is 0 Å². The highest BCUT2D eigenvalue weighted by molar-refractivity contribution is 6.35. The Bertz CT molecular complexity index is 741. The smallest absolute Gasteiger partial charge is 0.138 e. The van der Waals surface area contributed by atoms with Crippen molar-refractivity contribution in [2.24, 2.45) is 0 Å². The van der Waals surface area contributed by atoms with Crippen LogP contribution in [0.5, 0.6) is 0 Å². The molecule has 1 aromatic heterocycles. The number of halogens is 2. The zero-order valence-corrected chi connectivity index (χ0v) is 12.5. The van der Waals surface area contributed by atoms with Gasteiger partial charge >= 0.3 is 0 Å². The lowest BCUT2D eigenvalue weighted by Crippen LogP contribution is -2.05. The van der Waals surface area contributed by atoms with E-state index in [2.05, 4.69) is 15.4 Å². The molecule has 0 aliphatic heterocycles. The maximum atomic E-state index is 6.18. The Balaban J connectivity index is 1.83. The van der Waals surface area contributed by atoms with Crippen LogP contribution in [0.3, 0.4) is 0 Å². The first kappa shape index (κ1) is 13.9. The van der Waals surface area contributed by atoms with Crippen LogP contribution in [-0.4, -0.2) is 14.8 Å². The van der Waals surface area contributed by atoms with Gasteiger partial charge in [-0.15, -0.1) is 0 Å². The zero-order valence-electron chi connectivity index (χ0n) is 11.0. The number of hydrogen-bond donors (Lipinski definition) is 1. The Morgan fingerprint density at radius 3 is 2.71 bits per heavy atom. The maximum absolute atomic E-state index is 6.18. The van der Waals surface area contributed by atoms with E-state index >= 15 is 0 Å². The number of benzene rings is 2. The summed E-state index contributed by atoms with van der Waals surface area (Å²) in [4.78, 5) is 3.97. The second kappa shape index (κ2) is 6.16. The number of rotatable bonds is 4. The van der Waals surface area contributed by atoms with E-state index in [1.165, 1.54) is 6.33 Å². The van der Waals surface area contributed by atoms with E-state index in [9.17, 15) is 0 Å². The first-order valence-corrected chi connectivity index (χ1v) is 7.11. The Labute approximate surface area is 132 Å². The average molecular weight is 319 g/mol. The van der Waals surface area contributed by atoms with Crippen molar-refractivity contribution in [3.8, 4) is 5.69 Å². The lowest BCUT2D eigenvalue weighted by Gasteiger charge is -2.12. The van der Waals surface area contributed by atoms with Gasteiger partial charge in [-0.25, -0.2) is 9.67 Å². The molecule has 0 bridgehead atoms. The van der Waals surface area contributed by atoms with Crippen molar-refractivity contribution < 1.29 is 0 Å². The predicted molar refractivity (Wildman–Crippen MR) is 85.1 cm³/mol. The van der Waals surface area contributed by atoms with Gasteiger partial charge in [0.15, 0.2) is 0 Å². The van der Waals surface area contributed by atoms with Gasteiger partial charge in [0.1, 0.15) is 12.7 Å². The standard InChI is InChI=1S/C15H12Cl2N4/c16-12-6-5-11(13(17)7-12)8-19-14-3-1-2-4-15(14)21-10-18-9-20-21/h1-7,9-10,19H,8H2. The van der Waals surface area contributed by atoms with E-state index in [-0.39, 0.29) is 0 Å². The van der Waals surface area contributed by atoms with Crippen molar-refractivity contribution in [3.05, 3.63) is 70.7 Å². The minimum atomic E-state index is 0.599. The molecule has 0 amide bonds. The van der Waals surface area contributed by atoms with Gasteiger partial charge in [-0.3, -0.25) is 0 Å². The molecule has 4 nitrogen and oxygen atoms in total. The molecule has 0 saturated carbocycles. The van der Waals surface area contributed by atoms with E-state index in [0.717, 1.165) is 16.9 Å². The Morgan fingerprint density at radius 1 is 1.10 bits per heavy atom. The third-order valence-corrected chi connectivity index (χ3v) is 3.64. The van der Waals surface area contributed by atoms with E-state index in [1.54, 1.807) is 17.1 Å². The molecule has 3 aromatic rings. The molecule has 0 atom stereocenters. The minimum Gasteiger partial charge on any atom is -0.379 e. The number of para-hydroxylation sites is 2. The molecule has 0 aliphatic rings. The van der Waals surface area contributed by atoms with Crippen LogP contribution in [0.1, 0.15) is 5.56 Å². The second-order valence-electron chi connectivity index (χ2n) is 4.45. The highest BCUT2D eigenvalue weighted by Crippen LogP contribution is 2.24. The Kier molecular flexibility index (Phi) is 4.08. The van der Waals surface area contributed by atoms with Gasteiger partial charge in [0.2, 0.25) is 0 Å². The predicted octanol–water partition coefficient (Wildman–Crippen LogP) is 4.19. The molecule has 3 rings (SSSR count). The first-order valence-electron chi connectivity index (χ1n) is 6.36. The molecule has 21 heavy (non-hydrogen) atoms. The molecule has 0 saturated heterocycles. The van der Waals surface area contributed by atoms with Crippen LogP contribution < -0.4 is 5.32 Å². The molecule has 0 radical (unpaired) electrons. The van der Waals surface area contributed by atoms with Gasteiger partial charge < -0.3 is 5.32 Å². The summed E-state index contributed by atoms with van der Waals surface area (Å²) >= 11 is 12.1. The summed E-state index contributed by atoms with van der Waals surface area (Å²) in [6.45, 7) is 0.599. The average Bonchev–Trinajstić information content (AvgIpc) is 3.01. The molecule has 0 fully saturated rings. The fraction of sp³-hybridized carbons (Fsp3) is 0.0667. The molecule has 0 aliphatic carbocycles. The number of anilines is 1. The fourth-order valence-electron chi connectivity index (χ4n) is 2.01. The van der Waals surface area contributed by atoms with Crippen molar-refractivity contribution in [1.82, 2.24) is 14.8 Å².